The summed E-state index contributed by atoms with van der Waals surface area (Å²) in [5.41, 5.74) is 2.61. The Hall–Kier alpha value is -1.06. The number of benzene rings is 1. The highest BCUT2D eigenvalue weighted by Crippen LogP contribution is 2.24. The van der Waals surface area contributed by atoms with Crippen molar-refractivity contribution in [2.24, 2.45) is 5.92 Å². The molecule has 106 valence electrons. The van der Waals surface area contributed by atoms with Gasteiger partial charge in [-0.15, -0.1) is 0 Å². The molecular weight excluding hydrogens is 236 g/mol. The Balaban J connectivity index is 2.02. The summed E-state index contributed by atoms with van der Waals surface area (Å²) in [6, 6.07) is 8.53. The molecule has 1 aromatic rings. The third-order valence-corrected chi connectivity index (χ3v) is 3.60. The Morgan fingerprint density at radius 2 is 2.16 bits per heavy atom. The van der Waals surface area contributed by atoms with Crippen LogP contribution in [-0.4, -0.2) is 30.8 Å². The van der Waals surface area contributed by atoms with Crippen LogP contribution in [0.15, 0.2) is 24.3 Å². The molecule has 3 heteroatoms. The molecule has 0 spiro atoms. The van der Waals surface area contributed by atoms with Crippen molar-refractivity contribution in [3.8, 4) is 0 Å². The molecule has 1 fully saturated rings. The summed E-state index contributed by atoms with van der Waals surface area (Å²) in [4.78, 5) is 2.32. The van der Waals surface area contributed by atoms with Crippen molar-refractivity contribution in [1.82, 2.24) is 5.32 Å². The average molecular weight is 262 g/mol. The summed E-state index contributed by atoms with van der Waals surface area (Å²) in [7, 11) is 0. The van der Waals surface area contributed by atoms with Crippen molar-refractivity contribution in [3.05, 3.63) is 29.8 Å². The number of anilines is 1. The van der Waals surface area contributed by atoms with Gasteiger partial charge in [-0.2, -0.15) is 0 Å². The second kappa shape index (κ2) is 6.92. The van der Waals surface area contributed by atoms with Gasteiger partial charge in [-0.1, -0.05) is 32.0 Å². The van der Waals surface area contributed by atoms with Crippen LogP contribution in [0.4, 0.5) is 5.69 Å². The molecule has 1 aliphatic heterocycles. The van der Waals surface area contributed by atoms with Gasteiger partial charge in [0.15, 0.2) is 0 Å². The third-order valence-electron chi connectivity index (χ3n) is 3.60. The van der Waals surface area contributed by atoms with Crippen molar-refractivity contribution < 1.29 is 5.11 Å². The highest BCUT2D eigenvalue weighted by atomic mass is 16.3. The topological polar surface area (TPSA) is 35.5 Å². The predicted octanol–water partition coefficient (Wildman–Crippen LogP) is 2.39. The number of aliphatic hydroxyl groups is 1. The zero-order chi connectivity index (χ0) is 13.7. The monoisotopic (exact) mass is 262 g/mol. The molecule has 2 rings (SSSR count). The number of hydrogen-bond donors (Lipinski definition) is 2. The maximum Gasteiger partial charge on any atom is 0.0715 e. The zero-order valence-corrected chi connectivity index (χ0v) is 12.1. The zero-order valence-electron chi connectivity index (χ0n) is 12.1. The number of β-amino-alcohol motifs (C(OH)–C–C–N with tert-alkyl or cyclic N) is 1. The van der Waals surface area contributed by atoms with E-state index in [2.05, 4.69) is 48.3 Å². The first-order valence-corrected chi connectivity index (χ1v) is 7.38. The molecular formula is C16H26N2O. The van der Waals surface area contributed by atoms with Crippen LogP contribution in [0.25, 0.3) is 0 Å². The van der Waals surface area contributed by atoms with Crippen LogP contribution in [0, 0.1) is 5.92 Å². The van der Waals surface area contributed by atoms with E-state index in [9.17, 15) is 5.11 Å². The maximum atomic E-state index is 9.82. The maximum absolute atomic E-state index is 9.82. The van der Waals surface area contributed by atoms with Gasteiger partial charge in [0.25, 0.3) is 0 Å². The SMILES string of the molecule is CC(C)CNCc1ccccc1N1CCCC(O)C1. The fourth-order valence-electron chi connectivity index (χ4n) is 2.64. The Labute approximate surface area is 116 Å². The summed E-state index contributed by atoms with van der Waals surface area (Å²) in [6.45, 7) is 8.21. The minimum absolute atomic E-state index is 0.176. The summed E-state index contributed by atoms with van der Waals surface area (Å²) < 4.78 is 0. The number of nitrogens with zero attached hydrogens (tertiary/aromatic N) is 1. The number of para-hydroxylation sites is 1. The van der Waals surface area contributed by atoms with Crippen LogP contribution in [0.5, 0.6) is 0 Å². The summed E-state index contributed by atoms with van der Waals surface area (Å²) >= 11 is 0. The van der Waals surface area contributed by atoms with Crippen molar-refractivity contribution >= 4 is 5.69 Å². The van der Waals surface area contributed by atoms with Crippen LogP contribution < -0.4 is 10.2 Å². The predicted molar refractivity (Wildman–Crippen MR) is 80.4 cm³/mol. The molecule has 0 saturated carbocycles. The lowest BCUT2D eigenvalue weighted by molar-refractivity contribution is 0.154. The van der Waals surface area contributed by atoms with Gasteiger partial charge >= 0.3 is 0 Å². The second-order valence-electron chi connectivity index (χ2n) is 5.90. The Morgan fingerprint density at radius 1 is 1.37 bits per heavy atom. The highest BCUT2D eigenvalue weighted by Gasteiger charge is 2.19. The fourth-order valence-corrected chi connectivity index (χ4v) is 2.64. The van der Waals surface area contributed by atoms with Crippen LogP contribution in [0.1, 0.15) is 32.3 Å². The summed E-state index contributed by atoms with van der Waals surface area (Å²) in [5.74, 6) is 0.670. The number of hydrogen-bond acceptors (Lipinski definition) is 3. The van der Waals surface area contributed by atoms with Crippen molar-refractivity contribution in [2.75, 3.05) is 24.5 Å². The number of rotatable bonds is 5. The summed E-state index contributed by atoms with van der Waals surface area (Å²) in [6.07, 6.45) is 1.84. The average Bonchev–Trinajstić information content (AvgIpc) is 2.39. The van der Waals surface area contributed by atoms with Gasteiger partial charge in [0.1, 0.15) is 0 Å². The molecule has 1 atom stereocenters. The minimum atomic E-state index is -0.176. The van der Waals surface area contributed by atoms with Gasteiger partial charge in [0.05, 0.1) is 6.10 Å². The molecule has 0 radical (unpaired) electrons. The number of aliphatic hydroxyl groups excluding tert-OH is 1. The largest absolute Gasteiger partial charge is 0.391 e. The standard InChI is InChI=1S/C16H26N2O/c1-13(2)10-17-11-14-6-3-4-8-16(14)18-9-5-7-15(19)12-18/h3-4,6,8,13,15,17,19H,5,7,9-12H2,1-2H3. The van der Waals surface area contributed by atoms with Crippen molar-refractivity contribution in [3.63, 3.8) is 0 Å². The van der Waals surface area contributed by atoms with E-state index in [0.717, 1.165) is 39.0 Å². The van der Waals surface area contributed by atoms with Gasteiger partial charge in [0, 0.05) is 25.3 Å². The van der Waals surface area contributed by atoms with Crippen LogP contribution in [-0.2, 0) is 6.54 Å². The number of nitrogens with one attached hydrogen (secondary N) is 1. The molecule has 1 aliphatic rings. The molecule has 2 N–H and O–H groups in total. The van der Waals surface area contributed by atoms with Crippen molar-refractivity contribution in [2.45, 2.75) is 39.3 Å². The smallest absolute Gasteiger partial charge is 0.0715 e. The van der Waals surface area contributed by atoms with Crippen molar-refractivity contribution in [1.29, 1.82) is 0 Å². The van der Waals surface area contributed by atoms with Crippen LogP contribution in [0.2, 0.25) is 0 Å². The summed E-state index contributed by atoms with van der Waals surface area (Å²) in [5, 5.41) is 13.3. The molecule has 3 nitrogen and oxygen atoms in total. The van der Waals surface area contributed by atoms with E-state index in [1.807, 2.05) is 0 Å². The first kappa shape index (κ1) is 14.4. The van der Waals surface area contributed by atoms with Gasteiger partial charge < -0.3 is 15.3 Å². The Morgan fingerprint density at radius 3 is 2.89 bits per heavy atom. The van der Waals surface area contributed by atoms with Crippen LogP contribution in [0.3, 0.4) is 0 Å². The minimum Gasteiger partial charge on any atom is -0.391 e. The molecule has 1 heterocycles. The van der Waals surface area contributed by atoms with Gasteiger partial charge in [-0.05, 0) is 36.9 Å². The molecule has 0 amide bonds. The molecule has 1 aromatic carbocycles. The van der Waals surface area contributed by atoms with E-state index in [1.165, 1.54) is 11.3 Å². The highest BCUT2D eigenvalue weighted by molar-refractivity contribution is 5.54. The normalized spacial score (nSPS) is 20.0. The second-order valence-corrected chi connectivity index (χ2v) is 5.90. The molecule has 0 aromatic heterocycles. The fraction of sp³-hybridized carbons (Fsp3) is 0.625. The Kier molecular flexibility index (Phi) is 5.23. The van der Waals surface area contributed by atoms with E-state index in [0.29, 0.717) is 5.92 Å². The van der Waals surface area contributed by atoms with Crippen LogP contribution >= 0.6 is 0 Å². The number of piperidine rings is 1. The first-order chi connectivity index (χ1) is 9.16. The Bertz CT molecular complexity index is 392. The van der Waals surface area contributed by atoms with Gasteiger partial charge in [-0.3, -0.25) is 0 Å². The van der Waals surface area contributed by atoms with E-state index in [-0.39, 0.29) is 6.10 Å². The lowest BCUT2D eigenvalue weighted by Crippen LogP contribution is -2.39. The van der Waals surface area contributed by atoms with E-state index >= 15 is 0 Å². The lowest BCUT2D eigenvalue weighted by Gasteiger charge is -2.33. The molecule has 1 saturated heterocycles. The first-order valence-electron chi connectivity index (χ1n) is 7.38. The molecule has 0 bridgehead atoms. The van der Waals surface area contributed by atoms with E-state index < -0.39 is 0 Å². The lowest BCUT2D eigenvalue weighted by atomic mass is 10.1. The van der Waals surface area contributed by atoms with Gasteiger partial charge in [0.2, 0.25) is 0 Å². The molecule has 1 unspecified atom stereocenters. The third kappa shape index (κ3) is 4.22. The molecule has 0 aliphatic carbocycles. The quantitative estimate of drug-likeness (QED) is 0.855. The van der Waals surface area contributed by atoms with Gasteiger partial charge in [-0.25, -0.2) is 0 Å². The molecule has 19 heavy (non-hydrogen) atoms. The van der Waals surface area contributed by atoms with E-state index in [1.54, 1.807) is 0 Å². The van der Waals surface area contributed by atoms with E-state index in [4.69, 9.17) is 0 Å².